The maximum absolute atomic E-state index is 12.2. The lowest BCUT2D eigenvalue weighted by atomic mass is 10.2. The molecule has 0 radical (unpaired) electrons. The van der Waals surface area contributed by atoms with Gasteiger partial charge >= 0.3 is 16.1 Å². The van der Waals surface area contributed by atoms with Crippen LogP contribution in [0.4, 0.5) is 0 Å². The van der Waals surface area contributed by atoms with Crippen molar-refractivity contribution in [2.24, 2.45) is 0 Å². The number of hydrogen-bond acceptors (Lipinski definition) is 6. The Morgan fingerprint density at radius 3 is 2.23 bits per heavy atom. The van der Waals surface area contributed by atoms with Gasteiger partial charge in [-0.15, -0.1) is 0 Å². The summed E-state index contributed by atoms with van der Waals surface area (Å²) in [5.74, 6) is -0.0161. The molecule has 0 atom stereocenters. The molecule has 22 heavy (non-hydrogen) atoms. The zero-order chi connectivity index (χ0) is 16.2. The van der Waals surface area contributed by atoms with Gasteiger partial charge < -0.3 is 13.7 Å². The fourth-order valence-corrected chi connectivity index (χ4v) is 2.63. The molecular formula is C15H14O6S. The number of rotatable bonds is 5. The van der Waals surface area contributed by atoms with E-state index in [9.17, 15) is 13.2 Å². The number of benzene rings is 2. The number of esters is 1. The normalized spacial score (nSPS) is 10.8. The van der Waals surface area contributed by atoms with Gasteiger partial charge in [-0.3, -0.25) is 0 Å². The summed E-state index contributed by atoms with van der Waals surface area (Å²) in [6.07, 6.45) is 0. The number of carbonyl (C=O) groups excluding carboxylic acids is 1. The lowest BCUT2D eigenvalue weighted by Crippen LogP contribution is -2.10. The minimum Gasteiger partial charge on any atom is -0.497 e. The third-order valence-corrected chi connectivity index (χ3v) is 4.07. The van der Waals surface area contributed by atoms with Gasteiger partial charge in [0.25, 0.3) is 0 Å². The highest BCUT2D eigenvalue weighted by atomic mass is 32.2. The van der Waals surface area contributed by atoms with Gasteiger partial charge in [-0.25, -0.2) is 4.79 Å². The van der Waals surface area contributed by atoms with Crippen LogP contribution in [0.1, 0.15) is 10.4 Å². The minimum absolute atomic E-state index is 0.0169. The number of ether oxygens (including phenoxy) is 2. The van der Waals surface area contributed by atoms with E-state index in [0.29, 0.717) is 5.75 Å². The molecule has 116 valence electrons. The van der Waals surface area contributed by atoms with Crippen molar-refractivity contribution in [2.75, 3.05) is 14.2 Å². The van der Waals surface area contributed by atoms with E-state index in [1.165, 1.54) is 62.8 Å². The van der Waals surface area contributed by atoms with E-state index in [2.05, 4.69) is 4.74 Å². The Morgan fingerprint density at radius 1 is 0.955 bits per heavy atom. The van der Waals surface area contributed by atoms with Gasteiger partial charge in [-0.2, -0.15) is 8.42 Å². The Labute approximate surface area is 128 Å². The van der Waals surface area contributed by atoms with E-state index in [1.54, 1.807) is 0 Å². The molecule has 0 bridgehead atoms. The third kappa shape index (κ3) is 3.56. The zero-order valence-corrected chi connectivity index (χ0v) is 12.8. The van der Waals surface area contributed by atoms with Crippen LogP contribution in [0, 0.1) is 0 Å². The van der Waals surface area contributed by atoms with Gasteiger partial charge in [0.1, 0.15) is 16.4 Å². The van der Waals surface area contributed by atoms with Gasteiger partial charge in [0.15, 0.2) is 0 Å². The molecule has 0 aliphatic heterocycles. The van der Waals surface area contributed by atoms with Crippen LogP contribution in [-0.4, -0.2) is 28.6 Å². The first-order valence-electron chi connectivity index (χ1n) is 6.23. The highest BCUT2D eigenvalue weighted by molar-refractivity contribution is 7.87. The molecule has 2 rings (SSSR count). The van der Waals surface area contributed by atoms with Crippen molar-refractivity contribution in [1.29, 1.82) is 0 Å². The van der Waals surface area contributed by atoms with Crippen molar-refractivity contribution in [1.82, 2.24) is 0 Å². The predicted molar refractivity (Wildman–Crippen MR) is 78.6 cm³/mol. The number of carbonyl (C=O) groups is 1. The van der Waals surface area contributed by atoms with E-state index in [4.69, 9.17) is 8.92 Å². The Hall–Kier alpha value is -2.54. The fraction of sp³-hybridized carbons (Fsp3) is 0.133. The summed E-state index contributed by atoms with van der Waals surface area (Å²) in [4.78, 5) is 11.4. The predicted octanol–water partition coefficient (Wildman–Crippen LogP) is 2.25. The quantitative estimate of drug-likeness (QED) is 0.620. The second-order valence-electron chi connectivity index (χ2n) is 4.23. The summed E-state index contributed by atoms with van der Waals surface area (Å²) in [5.41, 5.74) is 0.199. The van der Waals surface area contributed by atoms with E-state index in [1.807, 2.05) is 0 Å². The molecule has 0 saturated heterocycles. The van der Waals surface area contributed by atoms with Gasteiger partial charge in [-0.05, 0) is 42.5 Å². The van der Waals surface area contributed by atoms with Crippen molar-refractivity contribution >= 4 is 16.1 Å². The monoisotopic (exact) mass is 322 g/mol. The van der Waals surface area contributed by atoms with Gasteiger partial charge in [0, 0.05) is 0 Å². The second kappa shape index (κ2) is 6.48. The van der Waals surface area contributed by atoms with Crippen molar-refractivity contribution in [3.8, 4) is 11.5 Å². The fourth-order valence-electron chi connectivity index (χ4n) is 1.71. The van der Waals surface area contributed by atoms with Crippen LogP contribution in [0.15, 0.2) is 53.4 Å². The highest BCUT2D eigenvalue weighted by Gasteiger charge is 2.17. The SMILES string of the molecule is COC(=O)c1cccc(OS(=O)(=O)c2ccc(OC)cc2)c1. The van der Waals surface area contributed by atoms with Crippen LogP contribution in [0.5, 0.6) is 11.5 Å². The molecule has 0 aliphatic carbocycles. The second-order valence-corrected chi connectivity index (χ2v) is 5.78. The van der Waals surface area contributed by atoms with E-state index < -0.39 is 16.1 Å². The van der Waals surface area contributed by atoms with Crippen LogP contribution in [0.25, 0.3) is 0 Å². The van der Waals surface area contributed by atoms with Crippen LogP contribution < -0.4 is 8.92 Å². The molecule has 0 unspecified atom stereocenters. The van der Waals surface area contributed by atoms with Crippen molar-refractivity contribution in [2.45, 2.75) is 4.90 Å². The lowest BCUT2D eigenvalue weighted by Gasteiger charge is -2.08. The van der Waals surface area contributed by atoms with Crippen LogP contribution in [-0.2, 0) is 14.9 Å². The number of hydrogen-bond donors (Lipinski definition) is 0. The molecule has 0 fully saturated rings. The average molecular weight is 322 g/mol. The summed E-state index contributed by atoms with van der Waals surface area (Å²) in [5, 5.41) is 0. The molecule has 0 N–H and O–H groups in total. The molecule has 0 aromatic heterocycles. The molecule has 0 heterocycles. The zero-order valence-electron chi connectivity index (χ0n) is 12.0. The maximum Gasteiger partial charge on any atom is 0.339 e. The molecule has 6 nitrogen and oxygen atoms in total. The Kier molecular flexibility index (Phi) is 4.67. The summed E-state index contributed by atoms with van der Waals surface area (Å²) in [6, 6.07) is 11.5. The summed E-state index contributed by atoms with van der Waals surface area (Å²) < 4.78 is 38.9. The third-order valence-electron chi connectivity index (χ3n) is 2.81. The van der Waals surface area contributed by atoms with Gasteiger partial charge in [0.05, 0.1) is 19.8 Å². The van der Waals surface area contributed by atoms with Crippen LogP contribution in [0.3, 0.4) is 0 Å². The molecule has 2 aromatic carbocycles. The maximum atomic E-state index is 12.2. The largest absolute Gasteiger partial charge is 0.497 e. The topological polar surface area (TPSA) is 78.9 Å². The minimum atomic E-state index is -4.00. The van der Waals surface area contributed by atoms with E-state index in [-0.39, 0.29) is 16.2 Å². The molecule has 7 heteroatoms. The first-order chi connectivity index (χ1) is 10.5. The first-order valence-corrected chi connectivity index (χ1v) is 7.64. The van der Waals surface area contributed by atoms with Gasteiger partial charge in [-0.1, -0.05) is 6.07 Å². The Morgan fingerprint density at radius 2 is 1.64 bits per heavy atom. The number of methoxy groups -OCH3 is 2. The average Bonchev–Trinajstić information content (AvgIpc) is 2.54. The first kappa shape index (κ1) is 15.8. The summed E-state index contributed by atoms with van der Waals surface area (Å²) in [6.45, 7) is 0. The van der Waals surface area contributed by atoms with Crippen molar-refractivity contribution in [3.63, 3.8) is 0 Å². The molecule has 0 amide bonds. The van der Waals surface area contributed by atoms with E-state index >= 15 is 0 Å². The van der Waals surface area contributed by atoms with Crippen LogP contribution in [0.2, 0.25) is 0 Å². The van der Waals surface area contributed by atoms with Crippen molar-refractivity contribution < 1.29 is 26.9 Å². The van der Waals surface area contributed by atoms with Crippen molar-refractivity contribution in [3.05, 3.63) is 54.1 Å². The van der Waals surface area contributed by atoms with E-state index in [0.717, 1.165) is 0 Å². The molecule has 2 aromatic rings. The summed E-state index contributed by atoms with van der Waals surface area (Å²) >= 11 is 0. The molecule has 0 saturated carbocycles. The van der Waals surface area contributed by atoms with Crippen LogP contribution >= 0.6 is 0 Å². The Bertz CT molecular complexity index is 765. The lowest BCUT2D eigenvalue weighted by molar-refractivity contribution is 0.0600. The standard InChI is InChI=1S/C15H14O6S/c1-19-12-6-8-14(9-7-12)22(17,18)21-13-5-3-4-11(10-13)15(16)20-2/h3-10H,1-2H3. The summed E-state index contributed by atoms with van der Waals surface area (Å²) in [7, 11) is -1.27. The molecule has 0 spiro atoms. The van der Waals surface area contributed by atoms with Gasteiger partial charge in [0.2, 0.25) is 0 Å². The Balaban J connectivity index is 2.26. The molecular weight excluding hydrogens is 308 g/mol. The molecule has 0 aliphatic rings. The smallest absolute Gasteiger partial charge is 0.339 e. The highest BCUT2D eigenvalue weighted by Crippen LogP contribution is 2.22.